The van der Waals surface area contributed by atoms with Gasteiger partial charge in [0.05, 0.1) is 17.8 Å². The summed E-state index contributed by atoms with van der Waals surface area (Å²) in [6.45, 7) is 0.963. The highest BCUT2D eigenvalue weighted by molar-refractivity contribution is 5.73. The zero-order chi connectivity index (χ0) is 24.9. The molecule has 3 aromatic rings. The van der Waals surface area contributed by atoms with Gasteiger partial charge in [-0.15, -0.1) is 10.2 Å². The normalized spacial score (nSPS) is 26.5. The molecule has 3 aliphatic carbocycles. The number of alkyl halides is 1. The van der Waals surface area contributed by atoms with Crippen LogP contribution in [0.1, 0.15) is 44.9 Å². The highest BCUT2D eigenvalue weighted by Crippen LogP contribution is 2.46. The number of pyridine rings is 1. The maximum atomic E-state index is 15.5. The number of ether oxygens (including phenoxy) is 2. The molecule has 0 saturated heterocycles. The number of aromatic nitrogens is 4. The quantitative estimate of drug-likeness (QED) is 0.522. The number of phenolic OH excluding ortho intramolecular Hbond substituents is 1. The molecule has 2 aromatic heterocycles. The summed E-state index contributed by atoms with van der Waals surface area (Å²) >= 11 is 0. The zero-order valence-electron chi connectivity index (χ0n) is 20.6. The minimum atomic E-state index is -0.828. The summed E-state index contributed by atoms with van der Waals surface area (Å²) in [5.41, 5.74) is 2.08. The SMILES string of the molecule is Oc1cc(-c2cnc3c(c2)OCCO3)ccc1-c1ncc(N(C2CC2)[C@H]2C[C@@H]3CCC[C@@H](C3)[C@H]2F)nn1. The predicted octanol–water partition coefficient (Wildman–Crippen LogP) is 4.96. The van der Waals surface area contributed by atoms with Gasteiger partial charge in [-0.2, -0.15) is 0 Å². The van der Waals surface area contributed by atoms with Crippen molar-refractivity contribution in [2.24, 2.45) is 11.8 Å². The molecule has 3 heterocycles. The Bertz CT molecular complexity index is 1300. The van der Waals surface area contributed by atoms with Crippen LogP contribution in [0.3, 0.4) is 0 Å². The highest BCUT2D eigenvalue weighted by atomic mass is 19.1. The number of halogens is 1. The van der Waals surface area contributed by atoms with E-state index in [-0.39, 0.29) is 17.7 Å². The monoisotopic (exact) mass is 503 g/mol. The molecule has 4 aliphatic rings. The van der Waals surface area contributed by atoms with E-state index >= 15 is 4.39 Å². The van der Waals surface area contributed by atoms with Crippen molar-refractivity contribution >= 4 is 5.82 Å². The van der Waals surface area contributed by atoms with Gasteiger partial charge in [-0.05, 0) is 67.7 Å². The molecule has 7 rings (SSSR count). The molecule has 2 bridgehead atoms. The Labute approximate surface area is 214 Å². The first-order valence-electron chi connectivity index (χ1n) is 13.4. The number of rotatable bonds is 5. The van der Waals surface area contributed by atoms with Gasteiger partial charge >= 0.3 is 0 Å². The van der Waals surface area contributed by atoms with E-state index in [2.05, 4.69) is 25.1 Å². The van der Waals surface area contributed by atoms with E-state index in [0.29, 0.717) is 54.0 Å². The Morgan fingerprint density at radius 3 is 2.62 bits per heavy atom. The second kappa shape index (κ2) is 9.11. The van der Waals surface area contributed by atoms with Crippen molar-refractivity contribution in [3.05, 3.63) is 36.7 Å². The van der Waals surface area contributed by atoms with Gasteiger partial charge in [-0.25, -0.2) is 14.4 Å². The predicted molar refractivity (Wildman–Crippen MR) is 135 cm³/mol. The first-order valence-corrected chi connectivity index (χ1v) is 13.4. The fourth-order valence-electron chi connectivity index (χ4n) is 6.37. The fourth-order valence-corrected chi connectivity index (χ4v) is 6.37. The summed E-state index contributed by atoms with van der Waals surface area (Å²) in [6, 6.07) is 7.33. The number of fused-ring (bicyclic) bond motifs is 3. The third-order valence-corrected chi connectivity index (χ3v) is 8.30. The van der Waals surface area contributed by atoms with Crippen LogP contribution in [0.2, 0.25) is 0 Å². The fraction of sp³-hybridized carbons (Fsp3) is 0.500. The Kier molecular flexibility index (Phi) is 5.59. The van der Waals surface area contributed by atoms with Crippen molar-refractivity contribution in [2.45, 2.75) is 63.2 Å². The zero-order valence-corrected chi connectivity index (χ0v) is 20.6. The van der Waals surface area contributed by atoms with Crippen molar-refractivity contribution in [3.8, 4) is 39.9 Å². The van der Waals surface area contributed by atoms with Crippen LogP contribution in [0.25, 0.3) is 22.5 Å². The average molecular weight is 504 g/mol. The van der Waals surface area contributed by atoms with E-state index in [4.69, 9.17) is 9.47 Å². The molecule has 9 heteroatoms. The van der Waals surface area contributed by atoms with Gasteiger partial charge < -0.3 is 19.5 Å². The lowest BCUT2D eigenvalue weighted by Gasteiger charge is -2.46. The first kappa shape index (κ1) is 22.7. The number of nitrogens with zero attached hydrogens (tertiary/aromatic N) is 5. The molecule has 3 fully saturated rings. The lowest BCUT2D eigenvalue weighted by Crippen LogP contribution is -2.52. The molecule has 3 saturated carbocycles. The largest absolute Gasteiger partial charge is 0.507 e. The lowest BCUT2D eigenvalue weighted by molar-refractivity contribution is 0.0631. The Morgan fingerprint density at radius 2 is 1.81 bits per heavy atom. The van der Waals surface area contributed by atoms with Gasteiger partial charge in [0, 0.05) is 17.8 Å². The molecule has 8 nitrogen and oxygen atoms in total. The van der Waals surface area contributed by atoms with Crippen LogP contribution in [0, 0.1) is 11.8 Å². The van der Waals surface area contributed by atoms with Gasteiger partial charge in [0.1, 0.15) is 25.1 Å². The van der Waals surface area contributed by atoms with Gasteiger partial charge in [-0.3, -0.25) is 0 Å². The smallest absolute Gasteiger partial charge is 0.257 e. The number of anilines is 1. The van der Waals surface area contributed by atoms with E-state index in [0.717, 1.165) is 49.7 Å². The van der Waals surface area contributed by atoms with Crippen molar-refractivity contribution in [1.29, 1.82) is 0 Å². The molecule has 1 aliphatic heterocycles. The molecule has 0 radical (unpaired) electrons. The van der Waals surface area contributed by atoms with Crippen molar-refractivity contribution in [1.82, 2.24) is 20.2 Å². The Hall–Kier alpha value is -3.49. The standard InChI is InChI=1S/C28H30FN5O3/c29-26-18-3-1-2-16(10-18)11-22(26)34(20-5-6-20)25-15-30-27(33-32-25)21-7-4-17(12-23(21)35)19-13-24-28(31-14-19)37-9-8-36-24/h4,7,12-16,18,20,22,26,35H,1-3,5-6,8-11H2/t16-,18+,22+,26-/m1/s1. The molecular weight excluding hydrogens is 473 g/mol. The van der Waals surface area contributed by atoms with E-state index in [1.165, 1.54) is 6.42 Å². The van der Waals surface area contributed by atoms with Crippen molar-refractivity contribution < 1.29 is 19.0 Å². The molecule has 1 aromatic carbocycles. The third-order valence-electron chi connectivity index (χ3n) is 8.30. The molecule has 0 spiro atoms. The van der Waals surface area contributed by atoms with Crippen molar-refractivity contribution in [2.75, 3.05) is 18.1 Å². The molecular formula is C28H30FN5O3. The van der Waals surface area contributed by atoms with Crippen LogP contribution in [0.5, 0.6) is 17.4 Å². The van der Waals surface area contributed by atoms with Gasteiger partial charge in [-0.1, -0.05) is 18.9 Å². The molecule has 0 amide bonds. The average Bonchev–Trinajstić information content (AvgIpc) is 3.77. The van der Waals surface area contributed by atoms with E-state index in [1.54, 1.807) is 24.5 Å². The van der Waals surface area contributed by atoms with Gasteiger partial charge in [0.15, 0.2) is 17.4 Å². The van der Waals surface area contributed by atoms with Gasteiger partial charge in [0.25, 0.3) is 5.88 Å². The minimum absolute atomic E-state index is 0.0462. The highest BCUT2D eigenvalue weighted by Gasteiger charge is 2.46. The summed E-state index contributed by atoms with van der Waals surface area (Å²) in [5, 5.41) is 19.7. The van der Waals surface area contributed by atoms with Crippen LogP contribution in [0.4, 0.5) is 10.2 Å². The second-order valence-corrected chi connectivity index (χ2v) is 10.8. The lowest BCUT2D eigenvalue weighted by atomic mass is 9.69. The van der Waals surface area contributed by atoms with Crippen LogP contribution in [-0.4, -0.2) is 56.7 Å². The summed E-state index contributed by atoms with van der Waals surface area (Å²) in [6.07, 6.45) is 9.92. The van der Waals surface area contributed by atoms with E-state index in [9.17, 15) is 5.11 Å². The van der Waals surface area contributed by atoms with E-state index in [1.807, 2.05) is 12.1 Å². The number of aromatic hydroxyl groups is 1. The van der Waals surface area contributed by atoms with Crippen LogP contribution in [0.15, 0.2) is 36.7 Å². The number of hydrogen-bond acceptors (Lipinski definition) is 8. The van der Waals surface area contributed by atoms with Crippen LogP contribution in [-0.2, 0) is 0 Å². The maximum absolute atomic E-state index is 15.5. The molecule has 37 heavy (non-hydrogen) atoms. The Balaban J connectivity index is 1.13. The van der Waals surface area contributed by atoms with E-state index < -0.39 is 6.17 Å². The van der Waals surface area contributed by atoms with Crippen LogP contribution < -0.4 is 14.4 Å². The number of benzene rings is 1. The summed E-state index contributed by atoms with van der Waals surface area (Å²) < 4.78 is 26.7. The third kappa shape index (κ3) is 4.24. The first-order chi connectivity index (χ1) is 18.1. The van der Waals surface area contributed by atoms with Gasteiger partial charge in [0.2, 0.25) is 0 Å². The number of phenols is 1. The maximum Gasteiger partial charge on any atom is 0.257 e. The molecule has 192 valence electrons. The van der Waals surface area contributed by atoms with Crippen molar-refractivity contribution in [3.63, 3.8) is 0 Å². The second-order valence-electron chi connectivity index (χ2n) is 10.8. The minimum Gasteiger partial charge on any atom is -0.507 e. The summed E-state index contributed by atoms with van der Waals surface area (Å²) in [7, 11) is 0. The summed E-state index contributed by atoms with van der Waals surface area (Å²) in [5.74, 6) is 2.86. The molecule has 0 unspecified atom stereocenters. The Morgan fingerprint density at radius 1 is 0.919 bits per heavy atom. The van der Waals surface area contributed by atoms with Crippen LogP contribution >= 0.6 is 0 Å². The molecule has 1 N–H and O–H groups in total. The summed E-state index contributed by atoms with van der Waals surface area (Å²) in [4.78, 5) is 11.0. The molecule has 4 atom stereocenters. The number of hydrogen-bond donors (Lipinski definition) is 1. The topological polar surface area (TPSA) is 93.5 Å².